The summed E-state index contributed by atoms with van der Waals surface area (Å²) in [6.45, 7) is 6.14. The molecule has 1 saturated heterocycles. The highest BCUT2D eigenvalue weighted by atomic mass is 32.2. The van der Waals surface area contributed by atoms with Crippen LogP contribution in [0.4, 0.5) is 5.69 Å². The van der Waals surface area contributed by atoms with E-state index in [1.54, 1.807) is 29.4 Å². The molecule has 1 aromatic heterocycles. The number of benzene rings is 1. The van der Waals surface area contributed by atoms with Crippen molar-refractivity contribution < 1.29 is 17.9 Å². The van der Waals surface area contributed by atoms with E-state index in [9.17, 15) is 13.2 Å². The molecule has 140 valence electrons. The molecule has 2 heterocycles. The van der Waals surface area contributed by atoms with Gasteiger partial charge in [0, 0.05) is 36.7 Å². The number of carbonyl (C=O) groups is 1. The van der Waals surface area contributed by atoms with Gasteiger partial charge in [0.15, 0.2) is 0 Å². The predicted octanol–water partition coefficient (Wildman–Crippen LogP) is 2.74. The van der Waals surface area contributed by atoms with Gasteiger partial charge in [-0.25, -0.2) is 13.2 Å². The molecule has 8 heteroatoms. The van der Waals surface area contributed by atoms with Gasteiger partial charge in [0.05, 0.1) is 12.2 Å². The predicted molar refractivity (Wildman–Crippen MR) is 102 cm³/mol. The van der Waals surface area contributed by atoms with Crippen LogP contribution in [0.25, 0.3) is 0 Å². The summed E-state index contributed by atoms with van der Waals surface area (Å²) >= 11 is 1.31. The molecule has 0 saturated carbocycles. The van der Waals surface area contributed by atoms with Crippen LogP contribution in [0.1, 0.15) is 22.2 Å². The molecule has 0 bridgehead atoms. The van der Waals surface area contributed by atoms with E-state index in [0.29, 0.717) is 42.6 Å². The molecule has 0 spiro atoms. The zero-order valence-electron chi connectivity index (χ0n) is 14.8. The maximum Gasteiger partial charge on any atom is 0.338 e. The van der Waals surface area contributed by atoms with E-state index in [0.717, 1.165) is 10.6 Å². The lowest BCUT2D eigenvalue weighted by molar-refractivity contribution is 0.0526. The zero-order valence-corrected chi connectivity index (χ0v) is 16.5. The van der Waals surface area contributed by atoms with E-state index in [2.05, 4.69) is 4.90 Å². The third kappa shape index (κ3) is 3.92. The molecule has 0 amide bonds. The Labute approximate surface area is 158 Å². The first-order valence-electron chi connectivity index (χ1n) is 8.50. The standard InChI is InChI=1S/C18H22N2O4S2/c1-3-24-18(21)15-5-7-16(8-6-15)19-10-12-20(13-11-19)26(22,23)17-9-4-14(2)25-17/h4-9H,3,10-13H2,1-2H3. The molecule has 1 aromatic carbocycles. The average Bonchev–Trinajstić information content (AvgIpc) is 3.09. The topological polar surface area (TPSA) is 66.9 Å². The van der Waals surface area contributed by atoms with Crippen molar-refractivity contribution >= 4 is 33.0 Å². The van der Waals surface area contributed by atoms with Crippen molar-refractivity contribution in [1.29, 1.82) is 0 Å². The summed E-state index contributed by atoms with van der Waals surface area (Å²) < 4.78 is 32.3. The normalized spacial score (nSPS) is 15.8. The molecule has 6 nitrogen and oxygen atoms in total. The van der Waals surface area contributed by atoms with Gasteiger partial charge in [-0.2, -0.15) is 4.31 Å². The first-order valence-corrected chi connectivity index (χ1v) is 10.8. The Morgan fingerprint density at radius 3 is 2.27 bits per heavy atom. The number of nitrogens with zero attached hydrogens (tertiary/aromatic N) is 2. The van der Waals surface area contributed by atoms with Gasteiger partial charge in [-0.15, -0.1) is 11.3 Å². The van der Waals surface area contributed by atoms with Gasteiger partial charge < -0.3 is 9.64 Å². The third-order valence-electron chi connectivity index (χ3n) is 4.29. The van der Waals surface area contributed by atoms with Crippen LogP contribution in [0.2, 0.25) is 0 Å². The van der Waals surface area contributed by atoms with Gasteiger partial charge in [-0.05, 0) is 50.2 Å². The summed E-state index contributed by atoms with van der Waals surface area (Å²) in [7, 11) is -3.41. The Hall–Kier alpha value is -1.90. The van der Waals surface area contributed by atoms with E-state index in [1.807, 2.05) is 25.1 Å². The van der Waals surface area contributed by atoms with Crippen LogP contribution in [0.5, 0.6) is 0 Å². The summed E-state index contributed by atoms with van der Waals surface area (Å²) in [5.41, 5.74) is 1.49. The molecule has 3 rings (SSSR count). The highest BCUT2D eigenvalue weighted by Crippen LogP contribution is 2.26. The molecule has 0 N–H and O–H groups in total. The van der Waals surface area contributed by atoms with Crippen molar-refractivity contribution in [2.75, 3.05) is 37.7 Å². The van der Waals surface area contributed by atoms with Crippen molar-refractivity contribution in [2.45, 2.75) is 18.1 Å². The van der Waals surface area contributed by atoms with Gasteiger partial charge in [0.25, 0.3) is 10.0 Å². The Kier molecular flexibility index (Phi) is 5.64. The molecule has 0 atom stereocenters. The number of anilines is 1. The Balaban J connectivity index is 1.64. The molecule has 1 aliphatic rings. The molecule has 26 heavy (non-hydrogen) atoms. The van der Waals surface area contributed by atoms with E-state index in [-0.39, 0.29) is 5.97 Å². The highest BCUT2D eigenvalue weighted by molar-refractivity contribution is 7.91. The number of ether oxygens (including phenoxy) is 1. The van der Waals surface area contributed by atoms with Gasteiger partial charge in [0.2, 0.25) is 0 Å². The second-order valence-corrected chi connectivity index (χ2v) is 9.48. The Morgan fingerprint density at radius 1 is 1.08 bits per heavy atom. The second-order valence-electron chi connectivity index (χ2n) is 6.02. The fraction of sp³-hybridized carbons (Fsp3) is 0.389. The van der Waals surface area contributed by atoms with Crippen LogP contribution in [0.15, 0.2) is 40.6 Å². The minimum atomic E-state index is -3.41. The van der Waals surface area contributed by atoms with E-state index < -0.39 is 10.0 Å². The van der Waals surface area contributed by atoms with Gasteiger partial charge in [0.1, 0.15) is 4.21 Å². The van der Waals surface area contributed by atoms with Crippen LogP contribution in [0.3, 0.4) is 0 Å². The minimum Gasteiger partial charge on any atom is -0.462 e. The first kappa shape index (κ1) is 18.9. The zero-order chi connectivity index (χ0) is 18.7. The number of piperazine rings is 1. The molecule has 0 unspecified atom stereocenters. The maximum atomic E-state index is 12.7. The molecule has 2 aromatic rings. The summed E-state index contributed by atoms with van der Waals surface area (Å²) in [5, 5.41) is 0. The minimum absolute atomic E-state index is 0.332. The highest BCUT2D eigenvalue weighted by Gasteiger charge is 2.29. The van der Waals surface area contributed by atoms with E-state index >= 15 is 0 Å². The lowest BCUT2D eigenvalue weighted by Gasteiger charge is -2.35. The SMILES string of the molecule is CCOC(=O)c1ccc(N2CCN(S(=O)(=O)c3ccc(C)s3)CC2)cc1. The molecule has 0 radical (unpaired) electrons. The Morgan fingerprint density at radius 2 is 1.73 bits per heavy atom. The fourth-order valence-corrected chi connectivity index (χ4v) is 5.75. The van der Waals surface area contributed by atoms with Gasteiger partial charge >= 0.3 is 5.97 Å². The smallest absolute Gasteiger partial charge is 0.338 e. The maximum absolute atomic E-state index is 12.7. The number of thiophene rings is 1. The van der Waals surface area contributed by atoms with Crippen LogP contribution >= 0.6 is 11.3 Å². The summed E-state index contributed by atoms with van der Waals surface area (Å²) in [4.78, 5) is 14.8. The average molecular weight is 395 g/mol. The van der Waals surface area contributed by atoms with Crippen molar-refractivity contribution in [3.05, 3.63) is 46.8 Å². The molecule has 1 fully saturated rings. The van der Waals surface area contributed by atoms with Crippen molar-refractivity contribution in [3.63, 3.8) is 0 Å². The number of aryl methyl sites for hydroxylation is 1. The third-order valence-corrected chi connectivity index (χ3v) is 7.66. The van der Waals surface area contributed by atoms with E-state index in [4.69, 9.17) is 4.74 Å². The first-order chi connectivity index (χ1) is 12.4. The second kappa shape index (κ2) is 7.77. The quantitative estimate of drug-likeness (QED) is 0.730. The summed E-state index contributed by atoms with van der Waals surface area (Å²) in [6.07, 6.45) is 0. The van der Waals surface area contributed by atoms with E-state index in [1.165, 1.54) is 11.3 Å². The summed E-state index contributed by atoms with van der Waals surface area (Å²) in [6, 6.07) is 10.7. The van der Waals surface area contributed by atoms with Crippen LogP contribution in [-0.2, 0) is 14.8 Å². The number of rotatable bonds is 5. The molecular weight excluding hydrogens is 372 g/mol. The van der Waals surface area contributed by atoms with Crippen molar-refractivity contribution in [1.82, 2.24) is 4.31 Å². The van der Waals surface area contributed by atoms with Crippen LogP contribution < -0.4 is 4.90 Å². The summed E-state index contributed by atoms with van der Waals surface area (Å²) in [5.74, 6) is -0.332. The number of hydrogen-bond acceptors (Lipinski definition) is 6. The molecule has 0 aliphatic carbocycles. The Bertz CT molecular complexity index is 867. The van der Waals surface area contributed by atoms with Crippen molar-refractivity contribution in [3.8, 4) is 0 Å². The number of carbonyl (C=O) groups excluding carboxylic acids is 1. The monoisotopic (exact) mass is 394 g/mol. The van der Waals surface area contributed by atoms with Crippen molar-refractivity contribution in [2.24, 2.45) is 0 Å². The lowest BCUT2D eigenvalue weighted by atomic mass is 10.2. The van der Waals surface area contributed by atoms with Gasteiger partial charge in [-0.1, -0.05) is 0 Å². The lowest BCUT2D eigenvalue weighted by Crippen LogP contribution is -2.48. The molecule has 1 aliphatic heterocycles. The van der Waals surface area contributed by atoms with Crippen LogP contribution in [0, 0.1) is 6.92 Å². The number of sulfonamides is 1. The molecular formula is C18H22N2O4S2. The van der Waals surface area contributed by atoms with Gasteiger partial charge in [-0.3, -0.25) is 0 Å². The fourth-order valence-electron chi connectivity index (χ4n) is 2.89. The number of esters is 1. The largest absolute Gasteiger partial charge is 0.462 e. The number of hydrogen-bond donors (Lipinski definition) is 0. The van der Waals surface area contributed by atoms with Crippen LogP contribution in [-0.4, -0.2) is 51.5 Å².